The number of hydrogen-bond acceptors (Lipinski definition) is 8. The van der Waals surface area contributed by atoms with E-state index in [0.717, 1.165) is 4.88 Å². The number of carbonyl (C=O) groups is 1. The number of oxazole rings is 1. The zero-order valence-corrected chi connectivity index (χ0v) is 17.5. The lowest BCUT2D eigenvalue weighted by atomic mass is 10.2. The van der Waals surface area contributed by atoms with Gasteiger partial charge < -0.3 is 19.0 Å². The third kappa shape index (κ3) is 6.01. The standard InChI is InChI=1S/C20H22FN3O5S/c1-20(2,3)29-19(26)24-18-22-10-14(30-18)5-7-17-23-15-6-4-12(8-16(15)28-17)27-13(9-21)11-25/h4-8,10,13,25H,9,11H2,1-3H3,(H,22,24,26). The fourth-order valence-electron chi connectivity index (χ4n) is 2.34. The van der Waals surface area contributed by atoms with Gasteiger partial charge in [-0.25, -0.2) is 19.2 Å². The molecule has 1 amide bonds. The summed E-state index contributed by atoms with van der Waals surface area (Å²) in [6, 6.07) is 4.91. The Balaban J connectivity index is 1.66. The lowest BCUT2D eigenvalue weighted by Gasteiger charge is -2.18. The molecule has 0 bridgehead atoms. The number of aliphatic hydroxyl groups is 1. The van der Waals surface area contributed by atoms with Crippen LogP contribution >= 0.6 is 11.3 Å². The summed E-state index contributed by atoms with van der Waals surface area (Å²) in [4.78, 5) is 21.1. The summed E-state index contributed by atoms with van der Waals surface area (Å²) in [5.74, 6) is 0.743. The molecule has 0 radical (unpaired) electrons. The van der Waals surface area contributed by atoms with Crippen LogP contribution in [-0.2, 0) is 4.74 Å². The number of amides is 1. The number of nitrogens with zero attached hydrogens (tertiary/aromatic N) is 2. The first kappa shape index (κ1) is 21.7. The van der Waals surface area contributed by atoms with Crippen molar-refractivity contribution >= 4 is 45.8 Å². The minimum Gasteiger partial charge on any atom is -0.485 e. The second-order valence-electron chi connectivity index (χ2n) is 7.29. The third-order valence-corrected chi connectivity index (χ3v) is 4.45. The fraction of sp³-hybridized carbons (Fsp3) is 0.350. The lowest BCUT2D eigenvalue weighted by molar-refractivity contribution is 0.0636. The van der Waals surface area contributed by atoms with Gasteiger partial charge in [0.25, 0.3) is 0 Å². The molecule has 1 atom stereocenters. The molecule has 0 aliphatic heterocycles. The van der Waals surface area contributed by atoms with Crippen LogP contribution in [0.1, 0.15) is 31.5 Å². The van der Waals surface area contributed by atoms with E-state index in [2.05, 4.69) is 15.3 Å². The van der Waals surface area contributed by atoms with Crippen molar-refractivity contribution in [3.8, 4) is 5.75 Å². The normalized spacial score (nSPS) is 13.0. The lowest BCUT2D eigenvalue weighted by Crippen LogP contribution is -2.27. The Labute approximate surface area is 176 Å². The Kier molecular flexibility index (Phi) is 6.68. The van der Waals surface area contributed by atoms with Gasteiger partial charge in [0.1, 0.15) is 29.6 Å². The minimum absolute atomic E-state index is 0.362. The maximum Gasteiger partial charge on any atom is 0.413 e. The highest BCUT2D eigenvalue weighted by Gasteiger charge is 2.17. The average molecular weight is 435 g/mol. The van der Waals surface area contributed by atoms with Crippen molar-refractivity contribution < 1.29 is 28.2 Å². The molecule has 2 N–H and O–H groups in total. The summed E-state index contributed by atoms with van der Waals surface area (Å²) in [5, 5.41) is 12.0. The average Bonchev–Trinajstić information content (AvgIpc) is 3.28. The Morgan fingerprint density at radius 2 is 2.20 bits per heavy atom. The van der Waals surface area contributed by atoms with E-state index >= 15 is 0 Å². The monoisotopic (exact) mass is 435 g/mol. The van der Waals surface area contributed by atoms with Crippen LogP contribution in [0.25, 0.3) is 23.3 Å². The van der Waals surface area contributed by atoms with Crippen LogP contribution in [0, 0.1) is 0 Å². The number of aliphatic hydroxyl groups excluding tert-OH is 1. The molecular weight excluding hydrogens is 413 g/mol. The minimum atomic E-state index is -0.917. The molecule has 1 aromatic carbocycles. The molecule has 0 aliphatic carbocycles. The van der Waals surface area contributed by atoms with E-state index in [1.165, 1.54) is 11.3 Å². The van der Waals surface area contributed by atoms with Crippen LogP contribution in [0.2, 0.25) is 0 Å². The Morgan fingerprint density at radius 1 is 1.40 bits per heavy atom. The first-order valence-electron chi connectivity index (χ1n) is 9.14. The van der Waals surface area contributed by atoms with E-state index < -0.39 is 31.1 Å². The summed E-state index contributed by atoms with van der Waals surface area (Å²) in [7, 11) is 0. The molecule has 0 spiro atoms. The molecular formula is C20H22FN3O5S. The van der Waals surface area contributed by atoms with Gasteiger partial charge >= 0.3 is 6.09 Å². The number of rotatable bonds is 7. The maximum absolute atomic E-state index is 12.7. The molecule has 8 nitrogen and oxygen atoms in total. The van der Waals surface area contributed by atoms with E-state index in [9.17, 15) is 9.18 Å². The number of halogens is 1. The summed E-state index contributed by atoms with van der Waals surface area (Å²) in [5.41, 5.74) is 0.492. The molecule has 30 heavy (non-hydrogen) atoms. The number of benzene rings is 1. The Hall–Kier alpha value is -2.98. The maximum atomic E-state index is 12.7. The van der Waals surface area contributed by atoms with Gasteiger partial charge in [0, 0.05) is 23.2 Å². The molecule has 2 heterocycles. The van der Waals surface area contributed by atoms with Gasteiger partial charge in [0.15, 0.2) is 10.7 Å². The van der Waals surface area contributed by atoms with Gasteiger partial charge in [0.05, 0.1) is 6.61 Å². The van der Waals surface area contributed by atoms with Crippen molar-refractivity contribution in [1.29, 1.82) is 0 Å². The van der Waals surface area contributed by atoms with Gasteiger partial charge in [-0.05, 0) is 39.0 Å². The van der Waals surface area contributed by atoms with Crippen LogP contribution in [0.4, 0.5) is 14.3 Å². The largest absolute Gasteiger partial charge is 0.485 e. The predicted molar refractivity (Wildman–Crippen MR) is 112 cm³/mol. The number of anilines is 1. The fourth-order valence-corrected chi connectivity index (χ4v) is 3.05. The highest BCUT2D eigenvalue weighted by atomic mass is 32.1. The zero-order valence-electron chi connectivity index (χ0n) is 16.7. The summed E-state index contributed by atoms with van der Waals surface area (Å²) < 4.78 is 28.9. The van der Waals surface area contributed by atoms with Crippen molar-refractivity contribution in [2.75, 3.05) is 18.6 Å². The summed E-state index contributed by atoms with van der Waals surface area (Å²) in [6.45, 7) is 4.13. The van der Waals surface area contributed by atoms with Crippen molar-refractivity contribution in [1.82, 2.24) is 9.97 Å². The number of fused-ring (bicyclic) bond motifs is 1. The number of alkyl halides is 1. The molecule has 0 saturated heterocycles. The Morgan fingerprint density at radius 3 is 2.90 bits per heavy atom. The Bertz CT molecular complexity index is 1040. The predicted octanol–water partition coefficient (Wildman–Crippen LogP) is 4.51. The van der Waals surface area contributed by atoms with Crippen molar-refractivity contribution in [2.24, 2.45) is 0 Å². The first-order valence-corrected chi connectivity index (χ1v) is 9.95. The number of thiazole rings is 1. The quantitative estimate of drug-likeness (QED) is 0.562. The third-order valence-electron chi connectivity index (χ3n) is 3.58. The SMILES string of the molecule is CC(C)(C)OC(=O)Nc1ncc(C=Cc2nc3ccc(OC(CO)CF)cc3o2)s1. The second kappa shape index (κ2) is 9.23. The van der Waals surface area contributed by atoms with Crippen LogP contribution < -0.4 is 10.1 Å². The number of ether oxygens (including phenoxy) is 2. The summed E-state index contributed by atoms with van der Waals surface area (Å²) >= 11 is 1.27. The van der Waals surface area contributed by atoms with E-state index in [0.29, 0.717) is 27.9 Å². The summed E-state index contributed by atoms with van der Waals surface area (Å²) in [6.07, 6.45) is 3.54. The first-order chi connectivity index (χ1) is 14.3. The highest BCUT2D eigenvalue weighted by Crippen LogP contribution is 2.25. The van der Waals surface area contributed by atoms with Gasteiger partial charge in [-0.2, -0.15) is 0 Å². The number of nitrogens with one attached hydrogen (secondary N) is 1. The molecule has 160 valence electrons. The molecule has 2 aromatic heterocycles. The van der Waals surface area contributed by atoms with Crippen LogP contribution in [0.5, 0.6) is 5.75 Å². The van der Waals surface area contributed by atoms with Crippen molar-refractivity contribution in [3.63, 3.8) is 0 Å². The van der Waals surface area contributed by atoms with Crippen LogP contribution in [0.15, 0.2) is 28.8 Å². The van der Waals surface area contributed by atoms with Crippen molar-refractivity contribution in [3.05, 3.63) is 35.2 Å². The van der Waals surface area contributed by atoms with Crippen molar-refractivity contribution in [2.45, 2.75) is 32.5 Å². The van der Waals surface area contributed by atoms with Gasteiger partial charge in [0.2, 0.25) is 5.89 Å². The van der Waals surface area contributed by atoms with Crippen LogP contribution in [-0.4, -0.2) is 46.2 Å². The molecule has 0 saturated carbocycles. The molecule has 0 aliphatic rings. The topological polar surface area (TPSA) is 107 Å². The highest BCUT2D eigenvalue weighted by molar-refractivity contribution is 7.16. The number of carbonyl (C=O) groups excluding carboxylic acids is 1. The van der Waals surface area contributed by atoms with E-state index in [1.807, 2.05) is 0 Å². The number of hydrogen-bond donors (Lipinski definition) is 2. The van der Waals surface area contributed by atoms with E-state index in [-0.39, 0.29) is 0 Å². The number of aromatic nitrogens is 2. The zero-order chi connectivity index (χ0) is 21.7. The smallest absolute Gasteiger partial charge is 0.413 e. The second-order valence-corrected chi connectivity index (χ2v) is 8.35. The molecule has 10 heteroatoms. The molecule has 0 fully saturated rings. The van der Waals surface area contributed by atoms with E-state index in [1.54, 1.807) is 57.3 Å². The van der Waals surface area contributed by atoms with Gasteiger partial charge in [-0.1, -0.05) is 11.3 Å². The molecule has 3 rings (SSSR count). The molecule has 3 aromatic rings. The van der Waals surface area contributed by atoms with Crippen LogP contribution in [0.3, 0.4) is 0 Å². The van der Waals surface area contributed by atoms with Gasteiger partial charge in [-0.15, -0.1) is 0 Å². The van der Waals surface area contributed by atoms with Gasteiger partial charge in [-0.3, -0.25) is 5.32 Å². The molecule has 1 unspecified atom stereocenters. The van der Waals surface area contributed by atoms with E-state index in [4.69, 9.17) is 19.0 Å².